The lowest BCUT2D eigenvalue weighted by Crippen LogP contribution is -2.45. The van der Waals surface area contributed by atoms with Crippen molar-refractivity contribution in [2.75, 3.05) is 60.7 Å². The molecule has 0 aromatic heterocycles. The van der Waals surface area contributed by atoms with Gasteiger partial charge in [-0.1, -0.05) is 6.07 Å². The molecule has 2 heterocycles. The van der Waals surface area contributed by atoms with Gasteiger partial charge in [-0.3, -0.25) is 4.79 Å². The molecule has 0 N–H and O–H groups in total. The summed E-state index contributed by atoms with van der Waals surface area (Å²) >= 11 is 0. The van der Waals surface area contributed by atoms with Crippen molar-refractivity contribution in [2.45, 2.75) is 25.7 Å². The van der Waals surface area contributed by atoms with Crippen LogP contribution in [-0.4, -0.2) is 76.4 Å². The number of likely N-dealkylation sites (tertiary alicyclic amines) is 1. The maximum atomic E-state index is 13.2. The van der Waals surface area contributed by atoms with E-state index in [0.717, 1.165) is 68.2 Å². The molecule has 192 valence electrons. The molecule has 35 heavy (non-hydrogen) atoms. The van der Waals surface area contributed by atoms with Crippen LogP contribution in [0.1, 0.15) is 35.2 Å². The number of methoxy groups -OCH3 is 3. The third kappa shape index (κ3) is 6.73. The molecule has 2 aromatic carbocycles. The van der Waals surface area contributed by atoms with E-state index in [-0.39, 0.29) is 18.3 Å². The van der Waals surface area contributed by atoms with Gasteiger partial charge in [0.05, 0.1) is 27.9 Å². The molecular formula is C27H37ClN2O5. The average Bonchev–Trinajstić information content (AvgIpc) is 2.88. The number of hydrogen-bond donors (Lipinski definition) is 0. The molecule has 8 heteroatoms. The van der Waals surface area contributed by atoms with Crippen LogP contribution < -0.4 is 18.9 Å². The summed E-state index contributed by atoms with van der Waals surface area (Å²) < 4.78 is 22.0. The lowest BCUT2D eigenvalue weighted by Gasteiger charge is -2.37. The van der Waals surface area contributed by atoms with Crippen LogP contribution in [0.5, 0.6) is 23.0 Å². The number of halogens is 1. The van der Waals surface area contributed by atoms with E-state index in [1.54, 1.807) is 21.3 Å². The minimum atomic E-state index is 0. The Labute approximate surface area is 214 Å². The Balaban J connectivity index is 0.00000342. The fraction of sp³-hybridized carbons (Fsp3) is 0.519. The molecule has 0 spiro atoms. The van der Waals surface area contributed by atoms with Crippen LogP contribution >= 0.6 is 12.4 Å². The first kappa shape index (κ1) is 27.0. The molecule has 1 saturated heterocycles. The quantitative estimate of drug-likeness (QED) is 0.449. The number of ether oxygens (including phenoxy) is 4. The molecule has 1 fully saturated rings. The number of piperidine rings is 1. The summed E-state index contributed by atoms with van der Waals surface area (Å²) in [6, 6.07) is 11.5. The molecule has 7 nitrogen and oxygen atoms in total. The topological polar surface area (TPSA) is 60.5 Å². The Bertz CT molecular complexity index is 986. The van der Waals surface area contributed by atoms with Crippen LogP contribution in [0.3, 0.4) is 0 Å². The first-order valence-electron chi connectivity index (χ1n) is 12.1. The second-order valence-corrected chi connectivity index (χ2v) is 9.06. The highest BCUT2D eigenvalue weighted by molar-refractivity contribution is 5.97. The third-order valence-electron chi connectivity index (χ3n) is 6.79. The summed E-state index contributed by atoms with van der Waals surface area (Å²) in [5, 5.41) is 0. The largest absolute Gasteiger partial charge is 0.497 e. The van der Waals surface area contributed by atoms with Crippen LogP contribution in [0.4, 0.5) is 0 Å². The zero-order chi connectivity index (χ0) is 23.9. The fourth-order valence-electron chi connectivity index (χ4n) is 5.01. The molecule has 4 rings (SSSR count). The SMILES string of the molecule is COc1cccc(OCCCN2CCCC(CN3CCc4cc(OC)c(OC)cc4C3=O)C2)c1.Cl. The Morgan fingerprint density at radius 2 is 1.74 bits per heavy atom. The zero-order valence-corrected chi connectivity index (χ0v) is 21.8. The highest BCUT2D eigenvalue weighted by Crippen LogP contribution is 2.33. The van der Waals surface area contributed by atoms with Crippen LogP contribution in [0.15, 0.2) is 36.4 Å². The lowest BCUT2D eigenvalue weighted by atomic mass is 9.94. The highest BCUT2D eigenvalue weighted by Gasteiger charge is 2.29. The number of hydrogen-bond acceptors (Lipinski definition) is 6. The van der Waals surface area contributed by atoms with Crippen LogP contribution in [0, 0.1) is 5.92 Å². The molecular weight excluding hydrogens is 468 g/mol. The number of carbonyl (C=O) groups is 1. The number of benzene rings is 2. The summed E-state index contributed by atoms with van der Waals surface area (Å²) in [4.78, 5) is 17.8. The molecule has 1 amide bonds. The number of carbonyl (C=O) groups excluding carboxylic acids is 1. The number of fused-ring (bicyclic) bond motifs is 1. The van der Waals surface area contributed by atoms with Gasteiger partial charge in [0, 0.05) is 37.8 Å². The second-order valence-electron chi connectivity index (χ2n) is 9.06. The Morgan fingerprint density at radius 3 is 2.51 bits per heavy atom. The van der Waals surface area contributed by atoms with Gasteiger partial charge in [0.2, 0.25) is 0 Å². The van der Waals surface area contributed by atoms with Crippen molar-refractivity contribution in [3.63, 3.8) is 0 Å². The number of amides is 1. The van der Waals surface area contributed by atoms with E-state index >= 15 is 0 Å². The first-order valence-corrected chi connectivity index (χ1v) is 12.1. The van der Waals surface area contributed by atoms with Crippen molar-refractivity contribution in [2.24, 2.45) is 5.92 Å². The summed E-state index contributed by atoms with van der Waals surface area (Å²) in [5.74, 6) is 3.54. The van der Waals surface area contributed by atoms with Crippen molar-refractivity contribution >= 4 is 18.3 Å². The molecule has 2 aliphatic heterocycles. The predicted molar refractivity (Wildman–Crippen MR) is 139 cm³/mol. The maximum Gasteiger partial charge on any atom is 0.254 e. The maximum absolute atomic E-state index is 13.2. The van der Waals surface area contributed by atoms with Gasteiger partial charge in [-0.15, -0.1) is 12.4 Å². The lowest BCUT2D eigenvalue weighted by molar-refractivity contribution is 0.0658. The standard InChI is InChI=1S/C27H36N2O5.ClH/c1-31-22-8-4-9-23(16-22)34-14-6-12-28-11-5-7-20(18-28)19-29-13-10-21-15-25(32-2)26(33-3)17-24(21)27(29)30;/h4,8-9,15-17,20H,5-7,10-14,18-19H2,1-3H3;1H. The molecule has 0 bridgehead atoms. The van der Waals surface area contributed by atoms with E-state index in [9.17, 15) is 4.79 Å². The van der Waals surface area contributed by atoms with E-state index in [4.69, 9.17) is 18.9 Å². The minimum absolute atomic E-state index is 0. The van der Waals surface area contributed by atoms with Crippen molar-refractivity contribution in [3.8, 4) is 23.0 Å². The fourth-order valence-corrected chi connectivity index (χ4v) is 5.01. The third-order valence-corrected chi connectivity index (χ3v) is 6.79. The van der Waals surface area contributed by atoms with Crippen molar-refractivity contribution in [3.05, 3.63) is 47.5 Å². The van der Waals surface area contributed by atoms with Gasteiger partial charge in [-0.25, -0.2) is 0 Å². The zero-order valence-electron chi connectivity index (χ0n) is 21.0. The van der Waals surface area contributed by atoms with Crippen LogP contribution in [-0.2, 0) is 6.42 Å². The molecule has 2 aromatic rings. The van der Waals surface area contributed by atoms with Gasteiger partial charge < -0.3 is 28.7 Å². The van der Waals surface area contributed by atoms with Crippen LogP contribution in [0.2, 0.25) is 0 Å². The predicted octanol–water partition coefficient (Wildman–Crippen LogP) is 4.31. The van der Waals surface area contributed by atoms with E-state index in [1.165, 1.54) is 12.8 Å². The summed E-state index contributed by atoms with van der Waals surface area (Å²) in [6.07, 6.45) is 4.16. The van der Waals surface area contributed by atoms with Gasteiger partial charge in [-0.2, -0.15) is 0 Å². The van der Waals surface area contributed by atoms with E-state index in [0.29, 0.717) is 24.0 Å². The molecule has 0 radical (unpaired) electrons. The van der Waals surface area contributed by atoms with Gasteiger partial charge in [0.15, 0.2) is 11.5 Å². The smallest absolute Gasteiger partial charge is 0.254 e. The number of rotatable bonds is 10. The first-order chi connectivity index (χ1) is 16.6. The Morgan fingerprint density at radius 1 is 0.971 bits per heavy atom. The van der Waals surface area contributed by atoms with Gasteiger partial charge in [0.25, 0.3) is 5.91 Å². The molecule has 0 aliphatic carbocycles. The summed E-state index contributed by atoms with van der Waals surface area (Å²) in [5.41, 5.74) is 1.78. The van der Waals surface area contributed by atoms with E-state index < -0.39 is 0 Å². The molecule has 0 saturated carbocycles. The van der Waals surface area contributed by atoms with Gasteiger partial charge in [0.1, 0.15) is 11.5 Å². The molecule has 2 aliphatic rings. The van der Waals surface area contributed by atoms with Crippen LogP contribution in [0.25, 0.3) is 0 Å². The van der Waals surface area contributed by atoms with Crippen molar-refractivity contribution in [1.82, 2.24) is 9.80 Å². The normalized spacial score (nSPS) is 17.9. The van der Waals surface area contributed by atoms with Crippen molar-refractivity contribution < 1.29 is 23.7 Å². The number of nitrogens with zero attached hydrogens (tertiary/aromatic N) is 2. The van der Waals surface area contributed by atoms with Gasteiger partial charge in [-0.05, 0) is 68.0 Å². The average molecular weight is 505 g/mol. The Hall–Kier alpha value is -2.64. The Kier molecular flexibility index (Phi) is 9.93. The van der Waals surface area contributed by atoms with E-state index in [1.807, 2.05) is 41.3 Å². The summed E-state index contributed by atoms with van der Waals surface area (Å²) in [6.45, 7) is 5.40. The van der Waals surface area contributed by atoms with Gasteiger partial charge >= 0.3 is 0 Å². The highest BCUT2D eigenvalue weighted by atomic mass is 35.5. The monoisotopic (exact) mass is 504 g/mol. The van der Waals surface area contributed by atoms with E-state index in [2.05, 4.69) is 4.90 Å². The molecule has 1 atom stereocenters. The minimum Gasteiger partial charge on any atom is -0.497 e. The molecule has 1 unspecified atom stereocenters. The second kappa shape index (κ2) is 12.9. The van der Waals surface area contributed by atoms with Crippen molar-refractivity contribution in [1.29, 1.82) is 0 Å². The summed E-state index contributed by atoms with van der Waals surface area (Å²) in [7, 11) is 4.89.